The quantitative estimate of drug-likeness (QED) is 0.787. The molecule has 7 nitrogen and oxygen atoms in total. The molecule has 0 unspecified atom stereocenters. The van der Waals surface area contributed by atoms with E-state index in [1.807, 2.05) is 30.0 Å². The highest BCUT2D eigenvalue weighted by molar-refractivity contribution is 5.94. The maximum absolute atomic E-state index is 12.9. The molecule has 2 heterocycles. The normalized spacial score (nSPS) is 22.2. The molecule has 2 N–H and O–H groups in total. The summed E-state index contributed by atoms with van der Waals surface area (Å²) in [6.07, 6.45) is 6.65. The van der Waals surface area contributed by atoms with Crippen molar-refractivity contribution in [2.75, 3.05) is 13.1 Å². The van der Waals surface area contributed by atoms with E-state index in [1.54, 1.807) is 12.1 Å². The number of aromatic nitrogens is 3. The van der Waals surface area contributed by atoms with Crippen LogP contribution in [0.2, 0.25) is 0 Å². The maximum atomic E-state index is 12.9. The van der Waals surface area contributed by atoms with E-state index in [-0.39, 0.29) is 23.8 Å². The maximum Gasteiger partial charge on any atom is 0.251 e. The summed E-state index contributed by atoms with van der Waals surface area (Å²) in [5.74, 6) is 2.02. The fourth-order valence-corrected chi connectivity index (χ4v) is 4.57. The largest absolute Gasteiger partial charge is 0.347 e. The first-order valence-corrected chi connectivity index (χ1v) is 10.6. The zero-order valence-electron chi connectivity index (χ0n) is 16.9. The Kier molecular flexibility index (Phi) is 5.92. The number of aryl methyl sites for hydroxylation is 1. The molecular weight excluding hydrogens is 366 g/mol. The van der Waals surface area contributed by atoms with E-state index in [0.29, 0.717) is 36.8 Å². The summed E-state index contributed by atoms with van der Waals surface area (Å²) in [5.41, 5.74) is 0.614. The predicted molar refractivity (Wildman–Crippen MR) is 109 cm³/mol. The van der Waals surface area contributed by atoms with Crippen molar-refractivity contribution in [3.63, 3.8) is 0 Å². The number of H-pyrrole nitrogens is 1. The zero-order chi connectivity index (χ0) is 20.2. The van der Waals surface area contributed by atoms with Gasteiger partial charge in [0.2, 0.25) is 5.91 Å². The number of hydrogen-bond donors (Lipinski definition) is 2. The molecule has 154 valence electrons. The number of amides is 2. The third kappa shape index (κ3) is 4.66. The minimum absolute atomic E-state index is 0.108. The van der Waals surface area contributed by atoms with Gasteiger partial charge in [0.1, 0.15) is 5.82 Å². The van der Waals surface area contributed by atoms with Crippen molar-refractivity contribution in [1.29, 1.82) is 0 Å². The molecule has 2 aliphatic rings. The Morgan fingerprint density at radius 1 is 1.17 bits per heavy atom. The van der Waals surface area contributed by atoms with Crippen LogP contribution in [-0.2, 0) is 4.79 Å². The Bertz CT molecular complexity index is 844. The van der Waals surface area contributed by atoms with Crippen molar-refractivity contribution >= 4 is 11.8 Å². The molecule has 29 heavy (non-hydrogen) atoms. The van der Waals surface area contributed by atoms with E-state index in [2.05, 4.69) is 20.5 Å². The van der Waals surface area contributed by atoms with Crippen molar-refractivity contribution in [3.05, 3.63) is 47.5 Å². The molecule has 0 radical (unpaired) electrons. The number of aromatic amines is 1. The van der Waals surface area contributed by atoms with Crippen LogP contribution in [0.3, 0.4) is 0 Å². The third-order valence-electron chi connectivity index (χ3n) is 6.21. The predicted octanol–water partition coefficient (Wildman–Crippen LogP) is 2.81. The summed E-state index contributed by atoms with van der Waals surface area (Å²) in [7, 11) is 0. The lowest BCUT2D eigenvalue weighted by Gasteiger charge is -2.18. The molecule has 1 aliphatic carbocycles. The highest BCUT2D eigenvalue weighted by atomic mass is 16.2. The van der Waals surface area contributed by atoms with Gasteiger partial charge in [-0.15, -0.1) is 0 Å². The molecular formula is C22H29N5O2. The van der Waals surface area contributed by atoms with E-state index < -0.39 is 0 Å². The van der Waals surface area contributed by atoms with Crippen LogP contribution in [0.25, 0.3) is 0 Å². The lowest BCUT2D eigenvalue weighted by Crippen LogP contribution is -2.40. The van der Waals surface area contributed by atoms with Gasteiger partial charge in [-0.25, -0.2) is 4.98 Å². The lowest BCUT2D eigenvalue weighted by atomic mass is 10.0. The zero-order valence-corrected chi connectivity index (χ0v) is 16.9. The van der Waals surface area contributed by atoms with Crippen molar-refractivity contribution in [2.45, 2.75) is 57.4 Å². The molecule has 2 amide bonds. The summed E-state index contributed by atoms with van der Waals surface area (Å²) in [5, 5.41) is 10.3. The standard InChI is InChI=1S/C22H29N5O2/c1-15-23-21(26-25-15)18-13-27(20(28)12-11-16-7-5-6-8-16)14-19(18)24-22(29)17-9-3-2-4-10-17/h2-4,9-10,16,18-19H,5-8,11-14H2,1H3,(H,24,29)(H,23,25,26)/t18-,19-/m1/s1. The minimum Gasteiger partial charge on any atom is -0.347 e. The Hall–Kier alpha value is -2.70. The van der Waals surface area contributed by atoms with Gasteiger partial charge in [0.25, 0.3) is 5.91 Å². The number of likely N-dealkylation sites (tertiary alicyclic amines) is 1. The summed E-state index contributed by atoms with van der Waals surface area (Å²) in [4.78, 5) is 31.9. The number of nitrogens with one attached hydrogen (secondary N) is 2. The van der Waals surface area contributed by atoms with E-state index in [1.165, 1.54) is 25.7 Å². The number of carbonyl (C=O) groups excluding carboxylic acids is 2. The Morgan fingerprint density at radius 2 is 1.93 bits per heavy atom. The molecule has 4 rings (SSSR count). The smallest absolute Gasteiger partial charge is 0.251 e. The summed E-state index contributed by atoms with van der Waals surface area (Å²) in [6.45, 7) is 2.90. The van der Waals surface area contributed by atoms with Crippen LogP contribution in [0.1, 0.15) is 66.4 Å². The average molecular weight is 396 g/mol. The van der Waals surface area contributed by atoms with Gasteiger partial charge in [-0.1, -0.05) is 43.9 Å². The second-order valence-electron chi connectivity index (χ2n) is 8.32. The molecule has 2 aromatic rings. The molecule has 1 saturated heterocycles. The Morgan fingerprint density at radius 3 is 2.62 bits per heavy atom. The van der Waals surface area contributed by atoms with Crippen LogP contribution in [0.5, 0.6) is 0 Å². The van der Waals surface area contributed by atoms with Gasteiger partial charge >= 0.3 is 0 Å². The van der Waals surface area contributed by atoms with Gasteiger partial charge in [0.05, 0.1) is 12.0 Å². The van der Waals surface area contributed by atoms with Crippen molar-refractivity contribution in [2.24, 2.45) is 5.92 Å². The van der Waals surface area contributed by atoms with Gasteiger partial charge in [0, 0.05) is 25.1 Å². The van der Waals surface area contributed by atoms with Gasteiger partial charge in [-0.2, -0.15) is 5.10 Å². The fourth-order valence-electron chi connectivity index (χ4n) is 4.57. The molecule has 0 spiro atoms. The molecule has 2 atom stereocenters. The second-order valence-corrected chi connectivity index (χ2v) is 8.32. The molecule has 0 bridgehead atoms. The first kappa shape index (κ1) is 19.6. The molecule has 1 aromatic carbocycles. The van der Waals surface area contributed by atoms with Gasteiger partial charge in [0.15, 0.2) is 5.82 Å². The number of hydrogen-bond acceptors (Lipinski definition) is 4. The lowest BCUT2D eigenvalue weighted by molar-refractivity contribution is -0.130. The molecule has 2 fully saturated rings. The van der Waals surface area contributed by atoms with Crippen LogP contribution < -0.4 is 5.32 Å². The summed E-state index contributed by atoms with van der Waals surface area (Å²) in [6, 6.07) is 8.96. The van der Waals surface area contributed by atoms with E-state index in [9.17, 15) is 9.59 Å². The second kappa shape index (κ2) is 8.76. The monoisotopic (exact) mass is 395 g/mol. The van der Waals surface area contributed by atoms with Crippen LogP contribution >= 0.6 is 0 Å². The molecule has 1 aliphatic heterocycles. The topological polar surface area (TPSA) is 91.0 Å². The molecule has 7 heteroatoms. The van der Waals surface area contributed by atoms with E-state index in [0.717, 1.165) is 12.2 Å². The van der Waals surface area contributed by atoms with Gasteiger partial charge in [-0.3, -0.25) is 14.7 Å². The number of carbonyl (C=O) groups is 2. The van der Waals surface area contributed by atoms with Gasteiger partial charge in [-0.05, 0) is 31.4 Å². The first-order chi connectivity index (χ1) is 14.1. The fraction of sp³-hybridized carbons (Fsp3) is 0.545. The molecule has 1 saturated carbocycles. The third-order valence-corrected chi connectivity index (χ3v) is 6.21. The van der Waals surface area contributed by atoms with Crippen LogP contribution in [0.15, 0.2) is 30.3 Å². The van der Waals surface area contributed by atoms with Crippen LogP contribution in [-0.4, -0.2) is 51.0 Å². The molecule has 1 aromatic heterocycles. The highest BCUT2D eigenvalue weighted by Crippen LogP contribution is 2.30. The van der Waals surface area contributed by atoms with E-state index >= 15 is 0 Å². The number of benzene rings is 1. The summed E-state index contributed by atoms with van der Waals surface area (Å²) < 4.78 is 0. The van der Waals surface area contributed by atoms with E-state index in [4.69, 9.17) is 0 Å². The Balaban J connectivity index is 1.44. The Labute approximate surface area is 171 Å². The highest BCUT2D eigenvalue weighted by Gasteiger charge is 2.39. The average Bonchev–Trinajstić information content (AvgIpc) is 3.48. The number of rotatable bonds is 6. The van der Waals surface area contributed by atoms with Gasteiger partial charge < -0.3 is 10.2 Å². The number of nitrogens with zero attached hydrogens (tertiary/aromatic N) is 3. The summed E-state index contributed by atoms with van der Waals surface area (Å²) >= 11 is 0. The first-order valence-electron chi connectivity index (χ1n) is 10.6. The van der Waals surface area contributed by atoms with Crippen LogP contribution in [0.4, 0.5) is 0 Å². The van der Waals surface area contributed by atoms with Crippen molar-refractivity contribution < 1.29 is 9.59 Å². The minimum atomic E-state index is -0.201. The van der Waals surface area contributed by atoms with Crippen molar-refractivity contribution in [1.82, 2.24) is 25.4 Å². The SMILES string of the molecule is Cc1nc([C@@H]2CN(C(=O)CCC3CCCC3)C[C@H]2NC(=O)c2ccccc2)n[nH]1. The van der Waals surface area contributed by atoms with Crippen molar-refractivity contribution in [3.8, 4) is 0 Å². The van der Waals surface area contributed by atoms with Crippen LogP contribution in [0, 0.1) is 12.8 Å².